The summed E-state index contributed by atoms with van der Waals surface area (Å²) in [6, 6.07) is 0. The number of aliphatic hydroxyl groups excluding tert-OH is 1. The largest absolute Gasteiger partial charge is 0.453 e. The lowest BCUT2D eigenvalue weighted by Gasteiger charge is -2.33. The highest BCUT2D eigenvalue weighted by Gasteiger charge is 2.26. The fourth-order valence-corrected chi connectivity index (χ4v) is 1.20. The summed E-state index contributed by atoms with van der Waals surface area (Å²) in [6.07, 6.45) is 0.284. The molecule has 15 heavy (non-hydrogen) atoms. The maximum Gasteiger partial charge on any atom is 0.333 e. The highest BCUT2D eigenvalue weighted by molar-refractivity contribution is 5.86. The van der Waals surface area contributed by atoms with Gasteiger partial charge in [-0.15, -0.1) is 0 Å². The van der Waals surface area contributed by atoms with E-state index < -0.39 is 12.2 Å². The van der Waals surface area contributed by atoms with Gasteiger partial charge in [-0.1, -0.05) is 13.5 Å². The highest BCUT2D eigenvalue weighted by Crippen LogP contribution is 2.06. The van der Waals surface area contributed by atoms with Crippen LogP contribution in [0.1, 0.15) is 20.3 Å². The van der Waals surface area contributed by atoms with E-state index in [4.69, 9.17) is 4.74 Å². The number of carbonyl (C=O) groups excluding carboxylic acids is 1. The van der Waals surface area contributed by atoms with E-state index in [2.05, 4.69) is 6.58 Å². The quantitative estimate of drug-likeness (QED) is 0.311. The summed E-state index contributed by atoms with van der Waals surface area (Å²) in [5.74, 6) is -0.453. The number of aliphatic hydroxyl groups is 1. The van der Waals surface area contributed by atoms with Gasteiger partial charge in [-0.25, -0.2) is 4.79 Å². The van der Waals surface area contributed by atoms with E-state index >= 15 is 0 Å². The van der Waals surface area contributed by atoms with E-state index in [1.54, 1.807) is 6.92 Å². The van der Waals surface area contributed by atoms with Gasteiger partial charge in [-0.3, -0.25) is 0 Å². The second-order valence-corrected chi connectivity index (χ2v) is 4.36. The molecule has 4 nitrogen and oxygen atoms in total. The fraction of sp³-hybridized carbons (Fsp3) is 0.727. The lowest BCUT2D eigenvalue weighted by atomic mass is 10.3. The van der Waals surface area contributed by atoms with Gasteiger partial charge >= 0.3 is 5.97 Å². The Kier molecular flexibility index (Phi) is 5.54. The summed E-state index contributed by atoms with van der Waals surface area (Å²) in [4.78, 5) is 11.1. The Balaban J connectivity index is 4.08. The van der Waals surface area contributed by atoms with Crippen molar-refractivity contribution >= 4 is 5.97 Å². The number of likely N-dealkylation sites (N-methyl/N-ethyl adjacent to an activating group) is 1. The van der Waals surface area contributed by atoms with Crippen LogP contribution in [0.3, 0.4) is 0 Å². The summed E-state index contributed by atoms with van der Waals surface area (Å²) in [5.41, 5.74) is 0.350. The molecule has 0 saturated heterocycles. The fourth-order valence-electron chi connectivity index (χ4n) is 1.20. The van der Waals surface area contributed by atoms with Gasteiger partial charge in [0.15, 0.2) is 6.61 Å². The third kappa shape index (κ3) is 4.95. The van der Waals surface area contributed by atoms with E-state index in [9.17, 15) is 9.90 Å². The molecular formula is C11H22NO3+. The molecular weight excluding hydrogens is 194 g/mol. The van der Waals surface area contributed by atoms with Crippen molar-refractivity contribution in [1.82, 2.24) is 0 Å². The molecule has 0 aromatic heterocycles. The number of esters is 1. The number of ether oxygens (including phenoxy) is 1. The highest BCUT2D eigenvalue weighted by atomic mass is 16.5. The van der Waals surface area contributed by atoms with E-state index in [0.717, 1.165) is 13.0 Å². The smallest absolute Gasteiger partial charge is 0.333 e. The average molecular weight is 216 g/mol. The molecule has 0 amide bonds. The molecule has 0 heterocycles. The van der Waals surface area contributed by atoms with Crippen LogP contribution in [0.25, 0.3) is 0 Å². The van der Waals surface area contributed by atoms with Crippen molar-refractivity contribution in [2.75, 3.05) is 27.2 Å². The minimum absolute atomic E-state index is 0.0126. The molecule has 0 aliphatic rings. The Bertz CT molecular complexity index is 236. The van der Waals surface area contributed by atoms with Gasteiger partial charge in [0.1, 0.15) is 0 Å². The van der Waals surface area contributed by atoms with Gasteiger partial charge < -0.3 is 14.3 Å². The van der Waals surface area contributed by atoms with Crippen LogP contribution in [-0.2, 0) is 9.53 Å². The van der Waals surface area contributed by atoms with Crippen LogP contribution in [-0.4, -0.2) is 49.0 Å². The van der Waals surface area contributed by atoms with Crippen molar-refractivity contribution in [1.29, 1.82) is 0 Å². The number of quaternary nitrogens is 1. The van der Waals surface area contributed by atoms with Crippen LogP contribution < -0.4 is 0 Å². The maximum absolute atomic E-state index is 11.1. The topological polar surface area (TPSA) is 46.5 Å². The Hall–Kier alpha value is -0.870. The van der Waals surface area contributed by atoms with Crippen LogP contribution in [0, 0.1) is 0 Å². The molecule has 0 aliphatic carbocycles. The van der Waals surface area contributed by atoms with Crippen LogP contribution in [0.2, 0.25) is 0 Å². The zero-order valence-corrected chi connectivity index (χ0v) is 10.1. The third-order valence-corrected chi connectivity index (χ3v) is 2.32. The summed E-state index contributed by atoms with van der Waals surface area (Å²) in [5, 5.41) is 9.80. The van der Waals surface area contributed by atoms with Crippen LogP contribution in [0.4, 0.5) is 0 Å². The molecule has 0 aromatic carbocycles. The van der Waals surface area contributed by atoms with E-state index in [-0.39, 0.29) is 6.61 Å². The van der Waals surface area contributed by atoms with Gasteiger partial charge in [-0.05, 0) is 13.3 Å². The van der Waals surface area contributed by atoms with Crippen molar-refractivity contribution in [2.24, 2.45) is 0 Å². The van der Waals surface area contributed by atoms with Gasteiger partial charge in [-0.2, -0.15) is 0 Å². The minimum Gasteiger partial charge on any atom is -0.453 e. The van der Waals surface area contributed by atoms with Gasteiger partial charge in [0.2, 0.25) is 6.23 Å². The molecule has 88 valence electrons. The summed E-state index contributed by atoms with van der Waals surface area (Å²) < 4.78 is 5.32. The number of carbonyl (C=O) groups is 1. The molecule has 0 unspecified atom stereocenters. The normalized spacial score (nSPS) is 13.4. The van der Waals surface area contributed by atoms with Crippen molar-refractivity contribution in [2.45, 2.75) is 26.5 Å². The molecule has 0 aliphatic heterocycles. The molecule has 0 bridgehead atoms. The molecule has 4 heteroatoms. The zero-order valence-electron chi connectivity index (χ0n) is 10.1. The standard InChI is InChI=1S/C11H22NO3/c1-6-7-12(4,5)10(13)8-15-11(14)9(2)3/h10,13H,2,6-8H2,1,3-5H3/q+1/t10-/m0/s1. The maximum atomic E-state index is 11.1. The summed E-state index contributed by atoms with van der Waals surface area (Å²) in [7, 11) is 3.81. The average Bonchev–Trinajstić information content (AvgIpc) is 2.13. The Morgan fingerprint density at radius 2 is 2.07 bits per heavy atom. The van der Waals surface area contributed by atoms with Crippen molar-refractivity contribution in [3.05, 3.63) is 12.2 Å². The summed E-state index contributed by atoms with van der Waals surface area (Å²) in [6.45, 7) is 7.95. The van der Waals surface area contributed by atoms with Gasteiger partial charge in [0, 0.05) is 5.57 Å². The number of hydrogen-bond acceptors (Lipinski definition) is 3. The first kappa shape index (κ1) is 14.1. The monoisotopic (exact) mass is 216 g/mol. The first-order valence-electron chi connectivity index (χ1n) is 5.14. The van der Waals surface area contributed by atoms with E-state index in [1.807, 2.05) is 21.0 Å². The molecule has 0 saturated carbocycles. The first-order chi connectivity index (χ1) is 6.81. The first-order valence-corrected chi connectivity index (χ1v) is 5.14. The number of hydrogen-bond donors (Lipinski definition) is 1. The third-order valence-electron chi connectivity index (χ3n) is 2.32. The molecule has 0 radical (unpaired) electrons. The SMILES string of the molecule is C=C(C)C(=O)OC[C@H](O)[N+](C)(C)CCC. The molecule has 0 spiro atoms. The second-order valence-electron chi connectivity index (χ2n) is 4.36. The molecule has 0 fully saturated rings. The van der Waals surface area contributed by atoms with Crippen molar-refractivity contribution in [3.8, 4) is 0 Å². The number of nitrogens with zero attached hydrogens (tertiary/aromatic N) is 1. The molecule has 0 aromatic rings. The van der Waals surface area contributed by atoms with Crippen LogP contribution >= 0.6 is 0 Å². The minimum atomic E-state index is -0.687. The lowest BCUT2D eigenvalue weighted by molar-refractivity contribution is -0.937. The Morgan fingerprint density at radius 3 is 2.47 bits per heavy atom. The predicted octanol–water partition coefficient (Wildman–Crippen LogP) is 0.910. The summed E-state index contributed by atoms with van der Waals surface area (Å²) >= 11 is 0. The Morgan fingerprint density at radius 1 is 1.53 bits per heavy atom. The van der Waals surface area contributed by atoms with E-state index in [0.29, 0.717) is 10.1 Å². The Labute approximate surface area is 91.7 Å². The van der Waals surface area contributed by atoms with Crippen molar-refractivity contribution < 1.29 is 19.1 Å². The molecule has 0 rings (SSSR count). The van der Waals surface area contributed by atoms with Gasteiger partial charge in [0.05, 0.1) is 20.6 Å². The van der Waals surface area contributed by atoms with Crippen LogP contribution in [0.15, 0.2) is 12.2 Å². The van der Waals surface area contributed by atoms with E-state index in [1.165, 1.54) is 0 Å². The van der Waals surface area contributed by atoms with Crippen LogP contribution in [0.5, 0.6) is 0 Å². The van der Waals surface area contributed by atoms with Crippen molar-refractivity contribution in [3.63, 3.8) is 0 Å². The zero-order chi connectivity index (χ0) is 12.1. The second kappa shape index (κ2) is 5.88. The molecule has 1 atom stereocenters. The van der Waals surface area contributed by atoms with Gasteiger partial charge in [0.25, 0.3) is 0 Å². The molecule has 1 N–H and O–H groups in total. The number of rotatable bonds is 6. The predicted molar refractivity (Wildman–Crippen MR) is 59.0 cm³/mol. The lowest BCUT2D eigenvalue weighted by Crippen LogP contribution is -2.51.